The fourth-order valence-corrected chi connectivity index (χ4v) is 4.36. The van der Waals surface area contributed by atoms with Gasteiger partial charge in [-0.05, 0) is 36.3 Å². The monoisotopic (exact) mass is 358 g/mol. The largest absolute Gasteiger partial charge is 0.388 e. The van der Waals surface area contributed by atoms with Gasteiger partial charge in [0.15, 0.2) is 0 Å². The van der Waals surface area contributed by atoms with Gasteiger partial charge in [-0.2, -0.15) is 0 Å². The first kappa shape index (κ1) is 21.2. The van der Waals surface area contributed by atoms with Gasteiger partial charge in [0.25, 0.3) is 0 Å². The number of Topliss-reactive ketones (excluding diaryl/α,β-unsaturated/α-hetero) is 1. The molecular formula is C24H38O2. The number of hydrogen-bond donors (Lipinski definition) is 1. The molecule has 3 unspecified atom stereocenters. The molecule has 1 aromatic rings. The zero-order valence-corrected chi connectivity index (χ0v) is 16.9. The zero-order chi connectivity index (χ0) is 18.8. The molecule has 0 amide bonds. The molecule has 2 heteroatoms. The van der Waals surface area contributed by atoms with Crippen molar-refractivity contribution in [3.8, 4) is 0 Å². The summed E-state index contributed by atoms with van der Waals surface area (Å²) in [5, 5.41) is 10.3. The van der Waals surface area contributed by atoms with Crippen molar-refractivity contribution in [3.05, 3.63) is 35.4 Å². The van der Waals surface area contributed by atoms with Crippen LogP contribution < -0.4 is 0 Å². The molecule has 0 aromatic heterocycles. The van der Waals surface area contributed by atoms with Crippen molar-refractivity contribution in [2.45, 2.75) is 103 Å². The van der Waals surface area contributed by atoms with Crippen LogP contribution in [0.2, 0.25) is 0 Å². The Balaban J connectivity index is 1.90. The van der Waals surface area contributed by atoms with E-state index in [0.29, 0.717) is 11.7 Å². The second-order valence-electron chi connectivity index (χ2n) is 8.10. The Morgan fingerprint density at radius 3 is 2.31 bits per heavy atom. The van der Waals surface area contributed by atoms with E-state index in [0.717, 1.165) is 37.7 Å². The van der Waals surface area contributed by atoms with E-state index in [2.05, 4.69) is 38.1 Å². The van der Waals surface area contributed by atoms with Gasteiger partial charge in [0.05, 0.1) is 6.10 Å². The summed E-state index contributed by atoms with van der Waals surface area (Å²) in [5.74, 6) is 1.08. The highest BCUT2D eigenvalue weighted by Crippen LogP contribution is 2.40. The molecule has 2 nitrogen and oxygen atoms in total. The summed E-state index contributed by atoms with van der Waals surface area (Å²) in [4.78, 5) is 12.4. The van der Waals surface area contributed by atoms with Crippen molar-refractivity contribution in [3.63, 3.8) is 0 Å². The van der Waals surface area contributed by atoms with Crippen molar-refractivity contribution < 1.29 is 9.90 Å². The van der Waals surface area contributed by atoms with Crippen LogP contribution in [0.1, 0.15) is 114 Å². The molecule has 1 saturated carbocycles. The summed E-state index contributed by atoms with van der Waals surface area (Å²) < 4.78 is 0. The van der Waals surface area contributed by atoms with E-state index in [-0.39, 0.29) is 12.0 Å². The van der Waals surface area contributed by atoms with Crippen LogP contribution in [0.25, 0.3) is 0 Å². The molecule has 1 aliphatic rings. The van der Waals surface area contributed by atoms with E-state index in [1.165, 1.54) is 50.5 Å². The van der Waals surface area contributed by atoms with Crippen LogP contribution in [0.5, 0.6) is 0 Å². The lowest BCUT2D eigenvalue weighted by Gasteiger charge is -2.20. The lowest BCUT2D eigenvalue weighted by molar-refractivity contribution is -0.121. The second-order valence-corrected chi connectivity index (χ2v) is 8.10. The number of ketones is 1. The Morgan fingerprint density at radius 1 is 0.962 bits per heavy atom. The van der Waals surface area contributed by atoms with E-state index in [1.54, 1.807) is 0 Å². The van der Waals surface area contributed by atoms with Crippen molar-refractivity contribution in [2.24, 2.45) is 5.92 Å². The molecule has 0 saturated heterocycles. The minimum absolute atomic E-state index is 0.219. The van der Waals surface area contributed by atoms with Gasteiger partial charge in [-0.3, -0.25) is 4.79 Å². The highest BCUT2D eigenvalue weighted by Gasteiger charge is 2.34. The summed E-state index contributed by atoms with van der Waals surface area (Å²) in [5.41, 5.74) is 2.31. The number of rotatable bonds is 12. The quantitative estimate of drug-likeness (QED) is 0.421. The fraction of sp³-hybridized carbons (Fsp3) is 0.708. The molecule has 0 spiro atoms. The predicted molar refractivity (Wildman–Crippen MR) is 109 cm³/mol. The molecule has 0 radical (unpaired) electrons. The second kappa shape index (κ2) is 11.5. The molecule has 1 fully saturated rings. The molecule has 0 aliphatic heterocycles. The van der Waals surface area contributed by atoms with Crippen molar-refractivity contribution in [1.82, 2.24) is 0 Å². The van der Waals surface area contributed by atoms with Crippen LogP contribution in [0.15, 0.2) is 24.3 Å². The van der Waals surface area contributed by atoms with E-state index in [1.807, 2.05) is 0 Å². The van der Waals surface area contributed by atoms with Crippen molar-refractivity contribution >= 4 is 5.78 Å². The zero-order valence-electron chi connectivity index (χ0n) is 16.9. The summed E-state index contributed by atoms with van der Waals surface area (Å²) in [6.45, 7) is 4.42. The Hall–Kier alpha value is -1.15. The van der Waals surface area contributed by atoms with E-state index in [9.17, 15) is 9.90 Å². The van der Waals surface area contributed by atoms with Gasteiger partial charge in [-0.15, -0.1) is 0 Å². The van der Waals surface area contributed by atoms with Crippen LogP contribution in [-0.4, -0.2) is 10.9 Å². The number of hydrogen-bond acceptors (Lipinski definition) is 2. The van der Waals surface area contributed by atoms with Crippen LogP contribution in [-0.2, 0) is 4.79 Å². The lowest BCUT2D eigenvalue weighted by atomic mass is 9.84. The maximum Gasteiger partial charge on any atom is 0.136 e. The van der Waals surface area contributed by atoms with Crippen LogP contribution in [0.3, 0.4) is 0 Å². The summed E-state index contributed by atoms with van der Waals surface area (Å²) in [6, 6.07) is 8.47. The molecule has 1 aliphatic carbocycles. The number of aliphatic hydroxyl groups excluding tert-OH is 1. The summed E-state index contributed by atoms with van der Waals surface area (Å²) in [6.07, 6.45) is 13.0. The van der Waals surface area contributed by atoms with Gasteiger partial charge in [0, 0.05) is 12.3 Å². The van der Waals surface area contributed by atoms with Crippen molar-refractivity contribution in [2.75, 3.05) is 0 Å². The highest BCUT2D eigenvalue weighted by atomic mass is 16.3. The Kier molecular flexibility index (Phi) is 9.39. The SMILES string of the molecule is CCCCCCCC1C(=O)CCC1c1ccc(C(O)CCCCC)cc1. The normalized spacial score (nSPS) is 21.3. The van der Waals surface area contributed by atoms with Crippen LogP contribution in [0, 0.1) is 5.92 Å². The number of aliphatic hydroxyl groups is 1. The molecule has 146 valence electrons. The van der Waals surface area contributed by atoms with Crippen LogP contribution in [0.4, 0.5) is 0 Å². The number of carbonyl (C=O) groups excluding carboxylic acids is 1. The predicted octanol–water partition coefficient (Wildman–Crippen LogP) is 6.72. The Bertz CT molecular complexity index is 520. The summed E-state index contributed by atoms with van der Waals surface area (Å²) >= 11 is 0. The van der Waals surface area contributed by atoms with Gasteiger partial charge >= 0.3 is 0 Å². The number of unbranched alkanes of at least 4 members (excludes halogenated alkanes) is 6. The molecule has 3 atom stereocenters. The molecule has 1 N–H and O–H groups in total. The van der Waals surface area contributed by atoms with Crippen LogP contribution >= 0.6 is 0 Å². The molecule has 0 bridgehead atoms. The van der Waals surface area contributed by atoms with E-state index in [4.69, 9.17) is 0 Å². The first-order valence-corrected chi connectivity index (χ1v) is 11.0. The first-order chi connectivity index (χ1) is 12.7. The number of carbonyl (C=O) groups is 1. The number of benzene rings is 1. The van der Waals surface area contributed by atoms with Gasteiger partial charge in [-0.1, -0.05) is 89.5 Å². The standard InChI is InChI=1S/C24H38O2/c1-3-5-7-8-10-11-22-21(17-18-24(22)26)19-13-15-20(16-14-19)23(25)12-9-6-4-2/h13-16,21-23,25H,3-12,17-18H2,1-2H3. The van der Waals surface area contributed by atoms with Gasteiger partial charge in [0.2, 0.25) is 0 Å². The maximum atomic E-state index is 12.4. The van der Waals surface area contributed by atoms with Gasteiger partial charge < -0.3 is 5.11 Å². The first-order valence-electron chi connectivity index (χ1n) is 11.0. The van der Waals surface area contributed by atoms with E-state index >= 15 is 0 Å². The summed E-state index contributed by atoms with van der Waals surface area (Å²) in [7, 11) is 0. The van der Waals surface area contributed by atoms with Gasteiger partial charge in [-0.25, -0.2) is 0 Å². The Labute approximate surface area is 160 Å². The highest BCUT2D eigenvalue weighted by molar-refractivity contribution is 5.84. The third-order valence-corrected chi connectivity index (χ3v) is 6.05. The third kappa shape index (κ3) is 6.23. The molecule has 26 heavy (non-hydrogen) atoms. The smallest absolute Gasteiger partial charge is 0.136 e. The average molecular weight is 359 g/mol. The molecule has 0 heterocycles. The molecule has 1 aromatic carbocycles. The fourth-order valence-electron chi connectivity index (χ4n) is 4.36. The lowest BCUT2D eigenvalue weighted by Crippen LogP contribution is -2.13. The topological polar surface area (TPSA) is 37.3 Å². The average Bonchev–Trinajstić information content (AvgIpc) is 3.02. The maximum absolute atomic E-state index is 12.4. The van der Waals surface area contributed by atoms with E-state index < -0.39 is 0 Å². The van der Waals surface area contributed by atoms with Gasteiger partial charge in [0.1, 0.15) is 5.78 Å². The molecular weight excluding hydrogens is 320 g/mol. The van der Waals surface area contributed by atoms with Crippen molar-refractivity contribution in [1.29, 1.82) is 0 Å². The minimum atomic E-state index is -0.352. The minimum Gasteiger partial charge on any atom is -0.388 e. The molecule has 2 rings (SSSR count). The third-order valence-electron chi connectivity index (χ3n) is 6.05. The Morgan fingerprint density at radius 2 is 1.62 bits per heavy atom.